The second-order valence-corrected chi connectivity index (χ2v) is 5.21. The first-order valence-electron chi connectivity index (χ1n) is 6.62. The standard InChI is InChI=1S/C15H18N2O2/c1-9-3-6-13-12(7-9)11-5-4-10(8-14(11)17-13)16-15(18)19-2/h3,6-7,10,17H,4-5,8H2,1-2H3,(H,16,18). The molecule has 1 unspecified atom stereocenters. The number of hydrogen-bond donors (Lipinski definition) is 2. The monoisotopic (exact) mass is 258 g/mol. The molecule has 0 bridgehead atoms. The van der Waals surface area contributed by atoms with E-state index in [1.807, 2.05) is 0 Å². The van der Waals surface area contributed by atoms with Crippen molar-refractivity contribution in [1.82, 2.24) is 10.3 Å². The molecule has 2 aromatic rings. The molecule has 0 saturated heterocycles. The third kappa shape index (κ3) is 2.18. The summed E-state index contributed by atoms with van der Waals surface area (Å²) in [5, 5.41) is 4.21. The van der Waals surface area contributed by atoms with Gasteiger partial charge < -0.3 is 15.0 Å². The average molecular weight is 258 g/mol. The zero-order chi connectivity index (χ0) is 13.4. The number of benzene rings is 1. The maximum Gasteiger partial charge on any atom is 0.407 e. The summed E-state index contributed by atoms with van der Waals surface area (Å²) < 4.78 is 4.66. The first kappa shape index (κ1) is 12.1. The molecule has 1 aromatic carbocycles. The number of rotatable bonds is 1. The van der Waals surface area contributed by atoms with Gasteiger partial charge in [0, 0.05) is 29.1 Å². The SMILES string of the molecule is COC(=O)NC1CCc2c([nH]c3ccc(C)cc23)C1. The third-order valence-corrected chi connectivity index (χ3v) is 3.85. The normalized spacial score (nSPS) is 18.1. The van der Waals surface area contributed by atoms with Gasteiger partial charge >= 0.3 is 6.09 Å². The van der Waals surface area contributed by atoms with Gasteiger partial charge in [0.15, 0.2) is 0 Å². The molecule has 1 aromatic heterocycles. The predicted molar refractivity (Wildman–Crippen MR) is 74.4 cm³/mol. The molecule has 2 N–H and O–H groups in total. The molecule has 100 valence electrons. The number of hydrogen-bond acceptors (Lipinski definition) is 2. The van der Waals surface area contributed by atoms with E-state index >= 15 is 0 Å². The summed E-state index contributed by atoms with van der Waals surface area (Å²) in [6, 6.07) is 6.65. The van der Waals surface area contributed by atoms with Crippen molar-refractivity contribution in [2.75, 3.05) is 7.11 Å². The molecule has 0 aliphatic heterocycles. The van der Waals surface area contributed by atoms with Crippen LogP contribution in [0.2, 0.25) is 0 Å². The van der Waals surface area contributed by atoms with Crippen molar-refractivity contribution in [3.8, 4) is 0 Å². The number of carbonyl (C=O) groups is 1. The summed E-state index contributed by atoms with van der Waals surface area (Å²) in [5.74, 6) is 0. The molecule has 19 heavy (non-hydrogen) atoms. The molecule has 0 radical (unpaired) electrons. The molecule has 1 heterocycles. The van der Waals surface area contributed by atoms with Gasteiger partial charge in [-0.15, -0.1) is 0 Å². The van der Waals surface area contributed by atoms with Gasteiger partial charge in [0.2, 0.25) is 0 Å². The van der Waals surface area contributed by atoms with Gasteiger partial charge in [0.1, 0.15) is 0 Å². The van der Waals surface area contributed by atoms with E-state index in [4.69, 9.17) is 0 Å². The van der Waals surface area contributed by atoms with Crippen LogP contribution in [0.25, 0.3) is 10.9 Å². The van der Waals surface area contributed by atoms with Gasteiger partial charge in [0.25, 0.3) is 0 Å². The van der Waals surface area contributed by atoms with Crippen LogP contribution in [0.4, 0.5) is 4.79 Å². The zero-order valence-corrected chi connectivity index (χ0v) is 11.2. The van der Waals surface area contributed by atoms with E-state index < -0.39 is 0 Å². The Bertz CT molecular complexity index is 630. The second-order valence-electron chi connectivity index (χ2n) is 5.21. The van der Waals surface area contributed by atoms with Gasteiger partial charge in [-0.2, -0.15) is 0 Å². The van der Waals surface area contributed by atoms with Crippen LogP contribution in [0, 0.1) is 6.92 Å². The van der Waals surface area contributed by atoms with Crippen LogP contribution in [-0.2, 0) is 17.6 Å². The number of carbonyl (C=O) groups excluding carboxylic acids is 1. The highest BCUT2D eigenvalue weighted by atomic mass is 16.5. The largest absolute Gasteiger partial charge is 0.453 e. The van der Waals surface area contributed by atoms with Crippen LogP contribution < -0.4 is 5.32 Å². The number of methoxy groups -OCH3 is 1. The van der Waals surface area contributed by atoms with Crippen molar-refractivity contribution in [2.45, 2.75) is 32.2 Å². The number of aromatic nitrogens is 1. The molecule has 0 saturated carbocycles. The van der Waals surface area contributed by atoms with Gasteiger partial charge in [-0.3, -0.25) is 0 Å². The lowest BCUT2D eigenvalue weighted by Gasteiger charge is -2.22. The fourth-order valence-electron chi connectivity index (χ4n) is 2.89. The first-order valence-corrected chi connectivity index (χ1v) is 6.62. The number of H-pyrrole nitrogens is 1. The van der Waals surface area contributed by atoms with E-state index in [1.54, 1.807) is 0 Å². The van der Waals surface area contributed by atoms with Crippen LogP contribution in [0.15, 0.2) is 18.2 Å². The van der Waals surface area contributed by atoms with Gasteiger partial charge in [-0.1, -0.05) is 11.6 Å². The number of aromatic amines is 1. The summed E-state index contributed by atoms with van der Waals surface area (Å²) in [7, 11) is 1.40. The van der Waals surface area contributed by atoms with Gasteiger partial charge in [-0.25, -0.2) is 4.79 Å². The molecular formula is C15H18N2O2. The highest BCUT2D eigenvalue weighted by molar-refractivity contribution is 5.85. The Labute approximate surface area is 112 Å². The van der Waals surface area contributed by atoms with Gasteiger partial charge in [-0.05, 0) is 37.5 Å². The molecule has 1 atom stereocenters. The molecule has 3 rings (SSSR count). The summed E-state index contributed by atoms with van der Waals surface area (Å²) >= 11 is 0. The number of aryl methyl sites for hydroxylation is 2. The van der Waals surface area contributed by atoms with E-state index in [9.17, 15) is 4.79 Å². The maximum atomic E-state index is 11.3. The highest BCUT2D eigenvalue weighted by Crippen LogP contribution is 2.29. The summed E-state index contributed by atoms with van der Waals surface area (Å²) in [4.78, 5) is 14.7. The molecule has 1 aliphatic carbocycles. The number of fused-ring (bicyclic) bond motifs is 3. The number of ether oxygens (including phenoxy) is 1. The van der Waals surface area contributed by atoms with Crippen LogP contribution in [0.3, 0.4) is 0 Å². The second kappa shape index (κ2) is 4.61. The number of nitrogens with one attached hydrogen (secondary N) is 2. The topological polar surface area (TPSA) is 54.1 Å². The Hall–Kier alpha value is -1.97. The molecule has 4 heteroatoms. The van der Waals surface area contributed by atoms with Crippen LogP contribution in [0.1, 0.15) is 23.2 Å². The third-order valence-electron chi connectivity index (χ3n) is 3.85. The van der Waals surface area contributed by atoms with Crippen molar-refractivity contribution < 1.29 is 9.53 Å². The Morgan fingerprint density at radius 2 is 2.32 bits per heavy atom. The Balaban J connectivity index is 1.89. The highest BCUT2D eigenvalue weighted by Gasteiger charge is 2.23. The molecule has 1 amide bonds. The van der Waals surface area contributed by atoms with Crippen molar-refractivity contribution in [2.24, 2.45) is 0 Å². The van der Waals surface area contributed by atoms with Crippen molar-refractivity contribution in [3.63, 3.8) is 0 Å². The molecule has 0 spiro atoms. The minimum absolute atomic E-state index is 0.161. The zero-order valence-electron chi connectivity index (χ0n) is 11.2. The molecular weight excluding hydrogens is 240 g/mol. The molecule has 0 fully saturated rings. The van der Waals surface area contributed by atoms with Crippen LogP contribution in [0.5, 0.6) is 0 Å². The lowest BCUT2D eigenvalue weighted by molar-refractivity contribution is 0.165. The maximum absolute atomic E-state index is 11.3. The van der Waals surface area contributed by atoms with E-state index in [2.05, 4.69) is 40.2 Å². The average Bonchev–Trinajstić information content (AvgIpc) is 2.75. The van der Waals surface area contributed by atoms with Gasteiger partial charge in [0.05, 0.1) is 7.11 Å². The first-order chi connectivity index (χ1) is 9.17. The Kier molecular flexibility index (Phi) is 2.93. The molecule has 4 nitrogen and oxygen atoms in total. The van der Waals surface area contributed by atoms with Crippen molar-refractivity contribution in [1.29, 1.82) is 0 Å². The Morgan fingerprint density at radius 3 is 3.11 bits per heavy atom. The minimum atomic E-state index is -0.347. The lowest BCUT2D eigenvalue weighted by Crippen LogP contribution is -2.38. The van der Waals surface area contributed by atoms with Crippen LogP contribution >= 0.6 is 0 Å². The van der Waals surface area contributed by atoms with Crippen molar-refractivity contribution in [3.05, 3.63) is 35.0 Å². The Morgan fingerprint density at radius 1 is 1.47 bits per heavy atom. The van der Waals surface area contributed by atoms with E-state index in [0.717, 1.165) is 19.3 Å². The van der Waals surface area contributed by atoms with Crippen molar-refractivity contribution >= 4 is 17.0 Å². The fraction of sp³-hybridized carbons (Fsp3) is 0.400. The van der Waals surface area contributed by atoms with E-state index in [1.165, 1.54) is 34.8 Å². The summed E-state index contributed by atoms with van der Waals surface area (Å²) in [6.45, 7) is 2.11. The number of alkyl carbamates (subject to hydrolysis) is 1. The van der Waals surface area contributed by atoms with E-state index in [-0.39, 0.29) is 12.1 Å². The summed E-state index contributed by atoms with van der Waals surface area (Å²) in [5.41, 5.74) is 5.12. The fourth-order valence-corrected chi connectivity index (χ4v) is 2.89. The predicted octanol–water partition coefficient (Wildman–Crippen LogP) is 2.69. The minimum Gasteiger partial charge on any atom is -0.453 e. The number of amides is 1. The van der Waals surface area contributed by atoms with E-state index in [0.29, 0.717) is 0 Å². The smallest absolute Gasteiger partial charge is 0.407 e. The van der Waals surface area contributed by atoms with Crippen LogP contribution in [-0.4, -0.2) is 24.2 Å². The molecule has 1 aliphatic rings. The summed E-state index contributed by atoms with van der Waals surface area (Å²) in [6.07, 6.45) is 2.45. The quantitative estimate of drug-likeness (QED) is 0.826. The lowest BCUT2D eigenvalue weighted by atomic mass is 9.91.